The van der Waals surface area contributed by atoms with Crippen LogP contribution in [0, 0.1) is 24.2 Å². The van der Waals surface area contributed by atoms with Crippen LogP contribution in [0.3, 0.4) is 0 Å². The lowest BCUT2D eigenvalue weighted by Gasteiger charge is -2.41. The highest BCUT2D eigenvalue weighted by Crippen LogP contribution is 2.57. The molecule has 2 aliphatic carbocycles. The standard InChI is InChI=1S/C20H31N/c1-15-7-5-6-8-17(15)13-20(14-21-19(2,3)4)12-16-9-10-18(20)11-16/h5-8,16,18,21H,9-14H2,1-4H3. The third-order valence-electron chi connectivity index (χ3n) is 5.88. The quantitative estimate of drug-likeness (QED) is 0.843. The lowest BCUT2D eigenvalue weighted by Crippen LogP contribution is -2.47. The maximum absolute atomic E-state index is 3.83. The molecule has 2 fully saturated rings. The highest BCUT2D eigenvalue weighted by Gasteiger charge is 2.50. The topological polar surface area (TPSA) is 12.0 Å². The van der Waals surface area contributed by atoms with Gasteiger partial charge in [-0.05, 0) is 81.8 Å². The number of benzene rings is 1. The molecule has 0 aliphatic heterocycles. The third kappa shape index (κ3) is 3.18. The number of aryl methyl sites for hydroxylation is 1. The minimum Gasteiger partial charge on any atom is -0.311 e. The molecule has 21 heavy (non-hydrogen) atoms. The number of nitrogens with one attached hydrogen (secondary N) is 1. The summed E-state index contributed by atoms with van der Waals surface area (Å²) in [5.41, 5.74) is 3.76. The molecule has 0 radical (unpaired) electrons. The van der Waals surface area contributed by atoms with Crippen LogP contribution in [0.5, 0.6) is 0 Å². The fourth-order valence-electron chi connectivity index (χ4n) is 4.68. The molecule has 1 aromatic rings. The van der Waals surface area contributed by atoms with Gasteiger partial charge in [0.05, 0.1) is 0 Å². The molecule has 2 saturated carbocycles. The molecular weight excluding hydrogens is 254 g/mol. The fraction of sp³-hybridized carbons (Fsp3) is 0.700. The van der Waals surface area contributed by atoms with Crippen LogP contribution < -0.4 is 5.32 Å². The molecule has 1 N–H and O–H groups in total. The van der Waals surface area contributed by atoms with E-state index in [0.29, 0.717) is 5.41 Å². The normalized spacial score (nSPS) is 31.8. The van der Waals surface area contributed by atoms with Crippen molar-refractivity contribution in [3.05, 3.63) is 35.4 Å². The van der Waals surface area contributed by atoms with E-state index < -0.39 is 0 Å². The van der Waals surface area contributed by atoms with Crippen molar-refractivity contribution in [3.8, 4) is 0 Å². The van der Waals surface area contributed by atoms with Crippen molar-refractivity contribution in [2.75, 3.05) is 6.54 Å². The van der Waals surface area contributed by atoms with Crippen molar-refractivity contribution in [1.82, 2.24) is 5.32 Å². The van der Waals surface area contributed by atoms with Crippen LogP contribution >= 0.6 is 0 Å². The summed E-state index contributed by atoms with van der Waals surface area (Å²) in [6.07, 6.45) is 7.13. The summed E-state index contributed by atoms with van der Waals surface area (Å²) in [7, 11) is 0. The summed E-state index contributed by atoms with van der Waals surface area (Å²) in [5, 5.41) is 3.83. The van der Waals surface area contributed by atoms with Gasteiger partial charge in [-0.2, -0.15) is 0 Å². The van der Waals surface area contributed by atoms with E-state index in [-0.39, 0.29) is 5.54 Å². The molecule has 0 heterocycles. The zero-order valence-corrected chi connectivity index (χ0v) is 14.2. The summed E-state index contributed by atoms with van der Waals surface area (Å²) < 4.78 is 0. The Morgan fingerprint density at radius 3 is 2.52 bits per heavy atom. The van der Waals surface area contributed by atoms with E-state index in [4.69, 9.17) is 0 Å². The van der Waals surface area contributed by atoms with E-state index in [1.807, 2.05) is 0 Å². The molecule has 1 nitrogen and oxygen atoms in total. The van der Waals surface area contributed by atoms with Crippen LogP contribution in [0.15, 0.2) is 24.3 Å². The van der Waals surface area contributed by atoms with E-state index in [1.165, 1.54) is 44.2 Å². The van der Waals surface area contributed by atoms with Gasteiger partial charge < -0.3 is 5.32 Å². The smallest absolute Gasteiger partial charge is 0.00967 e. The second kappa shape index (κ2) is 5.43. The Balaban J connectivity index is 1.82. The number of hydrogen-bond donors (Lipinski definition) is 1. The summed E-state index contributed by atoms with van der Waals surface area (Å²) in [4.78, 5) is 0. The molecule has 1 aromatic carbocycles. The number of fused-ring (bicyclic) bond motifs is 2. The average Bonchev–Trinajstić information content (AvgIpc) is 2.99. The van der Waals surface area contributed by atoms with Gasteiger partial charge in [0.2, 0.25) is 0 Å². The molecule has 3 rings (SSSR count). The zero-order valence-electron chi connectivity index (χ0n) is 14.2. The van der Waals surface area contributed by atoms with Gasteiger partial charge in [-0.25, -0.2) is 0 Å². The minimum atomic E-state index is 0.223. The highest BCUT2D eigenvalue weighted by molar-refractivity contribution is 5.28. The zero-order chi connectivity index (χ0) is 15.1. The van der Waals surface area contributed by atoms with Gasteiger partial charge in [0.25, 0.3) is 0 Å². The summed E-state index contributed by atoms with van der Waals surface area (Å²) in [5.74, 6) is 1.94. The van der Waals surface area contributed by atoms with Crippen molar-refractivity contribution in [3.63, 3.8) is 0 Å². The molecular formula is C20H31N. The molecule has 2 bridgehead atoms. The fourth-order valence-corrected chi connectivity index (χ4v) is 4.68. The van der Waals surface area contributed by atoms with Crippen LogP contribution in [-0.4, -0.2) is 12.1 Å². The maximum atomic E-state index is 3.83. The lowest BCUT2D eigenvalue weighted by atomic mass is 9.68. The first-order valence-corrected chi connectivity index (χ1v) is 8.68. The number of hydrogen-bond acceptors (Lipinski definition) is 1. The first-order valence-electron chi connectivity index (χ1n) is 8.68. The maximum Gasteiger partial charge on any atom is 0.00967 e. The van der Waals surface area contributed by atoms with Gasteiger partial charge in [0, 0.05) is 12.1 Å². The van der Waals surface area contributed by atoms with Crippen molar-refractivity contribution >= 4 is 0 Å². The van der Waals surface area contributed by atoms with Crippen molar-refractivity contribution < 1.29 is 0 Å². The molecule has 3 atom stereocenters. The summed E-state index contributed by atoms with van der Waals surface area (Å²) in [6.45, 7) is 10.3. The minimum absolute atomic E-state index is 0.223. The molecule has 3 unspecified atom stereocenters. The van der Waals surface area contributed by atoms with E-state index >= 15 is 0 Å². The molecule has 0 aromatic heterocycles. The molecule has 1 heteroatoms. The first-order chi connectivity index (χ1) is 9.88. The van der Waals surface area contributed by atoms with Crippen molar-refractivity contribution in [2.24, 2.45) is 17.3 Å². The predicted octanol–water partition coefficient (Wildman–Crippen LogP) is 4.73. The Morgan fingerprint density at radius 2 is 1.95 bits per heavy atom. The van der Waals surface area contributed by atoms with Crippen LogP contribution in [0.25, 0.3) is 0 Å². The van der Waals surface area contributed by atoms with Crippen molar-refractivity contribution in [2.45, 2.75) is 65.3 Å². The van der Waals surface area contributed by atoms with E-state index in [1.54, 1.807) is 5.56 Å². The number of rotatable bonds is 4. The second-order valence-electron chi connectivity index (χ2n) is 8.65. The lowest BCUT2D eigenvalue weighted by molar-refractivity contribution is 0.142. The Bertz CT molecular complexity index is 499. The molecule has 0 amide bonds. The largest absolute Gasteiger partial charge is 0.311 e. The first kappa shape index (κ1) is 15.1. The van der Waals surface area contributed by atoms with E-state index in [9.17, 15) is 0 Å². The van der Waals surface area contributed by atoms with Crippen LogP contribution in [0.1, 0.15) is 57.6 Å². The summed E-state index contributed by atoms with van der Waals surface area (Å²) >= 11 is 0. The molecule has 2 aliphatic rings. The van der Waals surface area contributed by atoms with Crippen LogP contribution in [0.2, 0.25) is 0 Å². The molecule has 0 saturated heterocycles. The van der Waals surface area contributed by atoms with Gasteiger partial charge in [-0.15, -0.1) is 0 Å². The Morgan fingerprint density at radius 1 is 1.19 bits per heavy atom. The van der Waals surface area contributed by atoms with Gasteiger partial charge in [-0.3, -0.25) is 0 Å². The van der Waals surface area contributed by atoms with Crippen molar-refractivity contribution in [1.29, 1.82) is 0 Å². The summed E-state index contributed by atoms with van der Waals surface area (Å²) in [6, 6.07) is 8.99. The Hall–Kier alpha value is -0.820. The van der Waals surface area contributed by atoms with Gasteiger partial charge >= 0.3 is 0 Å². The molecule has 116 valence electrons. The SMILES string of the molecule is Cc1ccccc1CC1(CNC(C)(C)C)CC2CCC1C2. The van der Waals surface area contributed by atoms with E-state index in [0.717, 1.165) is 11.8 Å². The second-order valence-corrected chi connectivity index (χ2v) is 8.65. The monoisotopic (exact) mass is 285 g/mol. The van der Waals surface area contributed by atoms with E-state index in [2.05, 4.69) is 57.3 Å². The highest BCUT2D eigenvalue weighted by atomic mass is 15.0. The predicted molar refractivity (Wildman–Crippen MR) is 90.5 cm³/mol. The van der Waals surface area contributed by atoms with Crippen LogP contribution in [0.4, 0.5) is 0 Å². The molecule has 0 spiro atoms. The Labute approximate surface area is 130 Å². The van der Waals surface area contributed by atoms with Gasteiger partial charge in [0.15, 0.2) is 0 Å². The van der Waals surface area contributed by atoms with Gasteiger partial charge in [0.1, 0.15) is 0 Å². The third-order valence-corrected chi connectivity index (χ3v) is 5.88. The van der Waals surface area contributed by atoms with Crippen LogP contribution in [-0.2, 0) is 6.42 Å². The Kier molecular flexibility index (Phi) is 3.90. The average molecular weight is 285 g/mol. The van der Waals surface area contributed by atoms with Gasteiger partial charge in [-0.1, -0.05) is 30.7 Å².